The average Bonchev–Trinajstić information content (AvgIpc) is 2.82. The van der Waals surface area contributed by atoms with Crippen LogP contribution < -0.4 is 21.7 Å². The van der Waals surface area contributed by atoms with Gasteiger partial charge in [0, 0.05) is 6.42 Å². The number of rotatable bonds is 15. The van der Waals surface area contributed by atoms with Crippen LogP contribution in [0.3, 0.4) is 0 Å². The molecule has 0 saturated carbocycles. The number of amides is 3. The van der Waals surface area contributed by atoms with E-state index < -0.39 is 66.2 Å². The maximum absolute atomic E-state index is 13.0. The van der Waals surface area contributed by atoms with Gasteiger partial charge < -0.3 is 31.9 Å². The summed E-state index contributed by atoms with van der Waals surface area (Å²) in [6.07, 6.45) is 0.105. The van der Waals surface area contributed by atoms with Crippen LogP contribution in [-0.4, -0.2) is 64.0 Å². The molecule has 36 heavy (non-hydrogen) atoms. The van der Waals surface area contributed by atoms with Crippen molar-refractivity contribution in [1.29, 1.82) is 0 Å². The quantitative estimate of drug-likeness (QED) is 0.200. The van der Waals surface area contributed by atoms with E-state index in [-0.39, 0.29) is 18.8 Å². The maximum atomic E-state index is 13.0. The summed E-state index contributed by atoms with van der Waals surface area (Å²) in [6.45, 7) is 6.83. The number of carbonyl (C=O) groups excluding carboxylic acids is 3. The molecule has 7 N–H and O–H groups in total. The monoisotopic (exact) mass is 506 g/mol. The van der Waals surface area contributed by atoms with E-state index in [1.165, 1.54) is 0 Å². The van der Waals surface area contributed by atoms with E-state index in [4.69, 9.17) is 10.8 Å². The van der Waals surface area contributed by atoms with E-state index in [9.17, 15) is 29.1 Å². The summed E-state index contributed by atoms with van der Waals surface area (Å²) in [5.41, 5.74) is 6.81. The molecule has 200 valence electrons. The number of carboxylic acids is 2. The number of aliphatic carboxylic acids is 2. The smallest absolute Gasteiger partial charge is 0.326 e. The van der Waals surface area contributed by atoms with Gasteiger partial charge in [-0.1, -0.05) is 64.4 Å². The number of carbonyl (C=O) groups is 5. The van der Waals surface area contributed by atoms with Crippen LogP contribution in [0, 0.1) is 11.8 Å². The summed E-state index contributed by atoms with van der Waals surface area (Å²) in [4.78, 5) is 61.3. The number of carboxylic acid groups (broad SMARTS) is 2. The Morgan fingerprint density at radius 2 is 1.44 bits per heavy atom. The Labute approximate surface area is 211 Å². The second kappa shape index (κ2) is 14.8. The van der Waals surface area contributed by atoms with Crippen LogP contribution in [0.2, 0.25) is 0 Å². The van der Waals surface area contributed by atoms with Crippen LogP contribution in [0.15, 0.2) is 30.3 Å². The first kappa shape index (κ1) is 30.6. The molecular weight excluding hydrogens is 468 g/mol. The molecule has 0 bridgehead atoms. The topological polar surface area (TPSA) is 188 Å². The Balaban J connectivity index is 2.98. The van der Waals surface area contributed by atoms with Crippen molar-refractivity contribution < 1.29 is 34.2 Å². The lowest BCUT2D eigenvalue weighted by Gasteiger charge is -2.28. The zero-order valence-corrected chi connectivity index (χ0v) is 21.2. The average molecular weight is 507 g/mol. The minimum absolute atomic E-state index is 0.211. The largest absolute Gasteiger partial charge is 0.481 e. The molecule has 0 saturated heterocycles. The van der Waals surface area contributed by atoms with Crippen molar-refractivity contribution in [3.63, 3.8) is 0 Å². The Morgan fingerprint density at radius 3 is 1.94 bits per heavy atom. The van der Waals surface area contributed by atoms with Crippen LogP contribution in [0.25, 0.3) is 0 Å². The van der Waals surface area contributed by atoms with Crippen molar-refractivity contribution in [3.05, 3.63) is 35.9 Å². The Hall–Kier alpha value is -3.47. The predicted molar refractivity (Wildman–Crippen MR) is 133 cm³/mol. The van der Waals surface area contributed by atoms with Gasteiger partial charge in [0.05, 0.1) is 6.04 Å². The number of hydrogen-bond donors (Lipinski definition) is 6. The highest BCUT2D eigenvalue weighted by atomic mass is 16.4. The fourth-order valence-corrected chi connectivity index (χ4v) is 3.49. The third-order valence-electron chi connectivity index (χ3n) is 5.94. The zero-order valence-electron chi connectivity index (χ0n) is 21.2. The molecule has 11 nitrogen and oxygen atoms in total. The van der Waals surface area contributed by atoms with E-state index >= 15 is 0 Å². The molecule has 5 unspecified atom stereocenters. The second-order valence-electron chi connectivity index (χ2n) is 9.23. The van der Waals surface area contributed by atoms with Gasteiger partial charge in [0.1, 0.15) is 18.1 Å². The van der Waals surface area contributed by atoms with Gasteiger partial charge in [0.25, 0.3) is 0 Å². The normalized spacial score (nSPS) is 15.2. The summed E-state index contributed by atoms with van der Waals surface area (Å²) >= 11 is 0. The Bertz CT molecular complexity index is 907. The van der Waals surface area contributed by atoms with Gasteiger partial charge in [0.15, 0.2) is 0 Å². The molecule has 0 aliphatic carbocycles. The zero-order chi connectivity index (χ0) is 27.4. The maximum Gasteiger partial charge on any atom is 0.326 e. The van der Waals surface area contributed by atoms with Gasteiger partial charge in [-0.15, -0.1) is 0 Å². The molecular formula is C25H38N4O7. The van der Waals surface area contributed by atoms with E-state index in [0.717, 1.165) is 5.56 Å². The van der Waals surface area contributed by atoms with E-state index in [1.807, 2.05) is 6.07 Å². The summed E-state index contributed by atoms with van der Waals surface area (Å²) < 4.78 is 0. The first-order valence-corrected chi connectivity index (χ1v) is 12.0. The fraction of sp³-hybridized carbons (Fsp3) is 0.560. The molecule has 0 heterocycles. The SMILES string of the molecule is CCC(C)C(NC(=O)C(NC(=O)C(CCC(=O)O)NC(=O)C(N)Cc1ccccc1)C(C)C)C(=O)O. The molecule has 0 aromatic heterocycles. The van der Waals surface area contributed by atoms with Crippen LogP contribution >= 0.6 is 0 Å². The number of benzene rings is 1. The standard InChI is InChI=1S/C25H38N4O7/c1-5-15(4)21(25(35)36)29-24(34)20(14(2)3)28-23(33)18(11-12-19(30)31)27-22(32)17(26)13-16-9-7-6-8-10-16/h6-10,14-15,17-18,20-21H,5,11-13,26H2,1-4H3,(H,27,32)(H,28,33)(H,29,34)(H,30,31)(H,35,36). The lowest BCUT2D eigenvalue weighted by atomic mass is 9.97. The first-order valence-electron chi connectivity index (χ1n) is 12.0. The molecule has 0 spiro atoms. The third-order valence-corrected chi connectivity index (χ3v) is 5.94. The molecule has 1 aromatic rings. The summed E-state index contributed by atoms with van der Waals surface area (Å²) in [5, 5.41) is 26.1. The van der Waals surface area contributed by atoms with Gasteiger partial charge in [-0.25, -0.2) is 4.79 Å². The van der Waals surface area contributed by atoms with Crippen molar-refractivity contribution >= 4 is 29.7 Å². The molecule has 1 rings (SSSR count). The molecule has 5 atom stereocenters. The Kier molecular flexibility index (Phi) is 12.6. The number of hydrogen-bond acceptors (Lipinski definition) is 6. The van der Waals surface area contributed by atoms with Crippen LogP contribution in [0.4, 0.5) is 0 Å². The number of nitrogens with two attached hydrogens (primary N) is 1. The predicted octanol–water partition coefficient (Wildman–Crippen LogP) is 0.662. The number of nitrogens with one attached hydrogen (secondary N) is 3. The van der Waals surface area contributed by atoms with E-state index in [2.05, 4.69) is 16.0 Å². The van der Waals surface area contributed by atoms with Crippen LogP contribution in [0.1, 0.15) is 52.5 Å². The highest BCUT2D eigenvalue weighted by molar-refractivity contribution is 5.94. The van der Waals surface area contributed by atoms with Crippen LogP contribution in [0.5, 0.6) is 0 Å². The summed E-state index contributed by atoms with van der Waals surface area (Å²) in [5.74, 6) is -5.20. The van der Waals surface area contributed by atoms with Gasteiger partial charge in [-0.3, -0.25) is 19.2 Å². The molecule has 0 aliphatic rings. The molecule has 1 aromatic carbocycles. The molecule has 0 aliphatic heterocycles. The molecule has 0 radical (unpaired) electrons. The molecule has 11 heteroatoms. The lowest BCUT2D eigenvalue weighted by molar-refractivity contribution is -0.144. The Morgan fingerprint density at radius 1 is 0.861 bits per heavy atom. The highest BCUT2D eigenvalue weighted by Gasteiger charge is 2.33. The van der Waals surface area contributed by atoms with Gasteiger partial charge in [-0.2, -0.15) is 0 Å². The van der Waals surface area contributed by atoms with E-state index in [0.29, 0.717) is 6.42 Å². The molecule has 0 fully saturated rings. The van der Waals surface area contributed by atoms with E-state index in [1.54, 1.807) is 52.0 Å². The summed E-state index contributed by atoms with van der Waals surface area (Å²) in [6, 6.07) is 4.55. The van der Waals surface area contributed by atoms with Crippen molar-refractivity contribution in [2.45, 2.75) is 77.5 Å². The van der Waals surface area contributed by atoms with Gasteiger partial charge >= 0.3 is 11.9 Å². The fourth-order valence-electron chi connectivity index (χ4n) is 3.49. The minimum Gasteiger partial charge on any atom is -0.481 e. The second-order valence-corrected chi connectivity index (χ2v) is 9.23. The third kappa shape index (κ3) is 10.0. The van der Waals surface area contributed by atoms with Crippen molar-refractivity contribution in [2.75, 3.05) is 0 Å². The van der Waals surface area contributed by atoms with Crippen molar-refractivity contribution in [2.24, 2.45) is 17.6 Å². The molecule has 3 amide bonds. The van der Waals surface area contributed by atoms with Crippen molar-refractivity contribution in [3.8, 4) is 0 Å². The van der Waals surface area contributed by atoms with Crippen molar-refractivity contribution in [1.82, 2.24) is 16.0 Å². The van der Waals surface area contributed by atoms with Gasteiger partial charge in [-0.05, 0) is 30.2 Å². The highest BCUT2D eigenvalue weighted by Crippen LogP contribution is 2.11. The van der Waals surface area contributed by atoms with Crippen LogP contribution in [-0.2, 0) is 30.4 Å². The minimum atomic E-state index is -1.26. The summed E-state index contributed by atoms with van der Waals surface area (Å²) in [7, 11) is 0. The lowest BCUT2D eigenvalue weighted by Crippen LogP contribution is -2.59. The first-order chi connectivity index (χ1) is 16.9. The van der Waals surface area contributed by atoms with Gasteiger partial charge in [0.2, 0.25) is 17.7 Å².